The van der Waals surface area contributed by atoms with E-state index in [4.69, 9.17) is 4.74 Å². The number of benzene rings is 2. The number of carbonyl (C=O) groups is 1. The number of hydrogen-bond donors (Lipinski definition) is 3. The van der Waals surface area contributed by atoms with Gasteiger partial charge in [0.05, 0.1) is 23.3 Å². The number of fused-ring (bicyclic) bond motifs is 2. The number of rotatable bonds is 2. The monoisotopic (exact) mass is 385 g/mol. The highest BCUT2D eigenvalue weighted by Gasteiger charge is 2.32. The summed E-state index contributed by atoms with van der Waals surface area (Å²) in [7, 11) is 1.63. The molecule has 24 heavy (non-hydrogen) atoms. The van der Waals surface area contributed by atoms with Crippen LogP contribution in [0.15, 0.2) is 52.5 Å². The quantitative estimate of drug-likeness (QED) is 0.739. The van der Waals surface area contributed by atoms with Gasteiger partial charge < -0.3 is 20.7 Å². The van der Waals surface area contributed by atoms with E-state index in [1.54, 1.807) is 7.11 Å². The Morgan fingerprint density at radius 1 is 1.21 bits per heavy atom. The average Bonchev–Trinajstić information content (AvgIpc) is 2.61. The molecule has 0 aromatic heterocycles. The maximum Gasteiger partial charge on any atom is 0.320 e. The van der Waals surface area contributed by atoms with Gasteiger partial charge in [-0.3, -0.25) is 0 Å². The van der Waals surface area contributed by atoms with Crippen LogP contribution >= 0.6 is 15.9 Å². The van der Waals surface area contributed by atoms with Crippen molar-refractivity contribution in [3.05, 3.63) is 63.6 Å². The molecule has 0 spiro atoms. The van der Waals surface area contributed by atoms with Gasteiger partial charge in [0.2, 0.25) is 0 Å². The third-order valence-electron chi connectivity index (χ3n) is 4.36. The van der Waals surface area contributed by atoms with Crippen LogP contribution in [0.4, 0.5) is 10.5 Å². The minimum atomic E-state index is -0.192. The minimum absolute atomic E-state index is 0.184. The van der Waals surface area contributed by atoms with Crippen LogP contribution in [-0.4, -0.2) is 19.7 Å². The smallest absolute Gasteiger partial charge is 0.320 e. The number of amides is 2. The van der Waals surface area contributed by atoms with Crippen molar-refractivity contribution in [2.75, 3.05) is 19.0 Å². The van der Waals surface area contributed by atoms with E-state index in [0.29, 0.717) is 6.54 Å². The molecule has 0 saturated heterocycles. The van der Waals surface area contributed by atoms with Gasteiger partial charge in [0.25, 0.3) is 0 Å². The second-order valence-corrected chi connectivity index (χ2v) is 6.58. The lowest BCUT2D eigenvalue weighted by atomic mass is 9.90. The van der Waals surface area contributed by atoms with Gasteiger partial charge >= 0.3 is 6.03 Å². The molecule has 2 aromatic carbocycles. The van der Waals surface area contributed by atoms with E-state index in [1.807, 2.05) is 42.5 Å². The number of ether oxygens (including phenoxy) is 1. The zero-order valence-corrected chi connectivity index (χ0v) is 14.6. The van der Waals surface area contributed by atoms with Crippen LogP contribution in [0, 0.1) is 0 Å². The molecule has 2 amide bonds. The first-order valence-electron chi connectivity index (χ1n) is 7.64. The van der Waals surface area contributed by atoms with Gasteiger partial charge in [-0.25, -0.2) is 4.79 Å². The zero-order valence-electron chi connectivity index (χ0n) is 13.0. The fourth-order valence-electron chi connectivity index (χ4n) is 3.22. The summed E-state index contributed by atoms with van der Waals surface area (Å²) in [5, 5.41) is 9.41. The largest absolute Gasteiger partial charge is 0.496 e. The van der Waals surface area contributed by atoms with Crippen molar-refractivity contribution < 1.29 is 9.53 Å². The number of anilines is 1. The van der Waals surface area contributed by atoms with Gasteiger partial charge in [-0.05, 0) is 45.3 Å². The maximum atomic E-state index is 12.2. The summed E-state index contributed by atoms with van der Waals surface area (Å²) in [5.41, 5.74) is 5.07. The number of nitrogens with one attached hydrogen (secondary N) is 3. The molecule has 6 heteroatoms. The van der Waals surface area contributed by atoms with Crippen molar-refractivity contribution in [3.8, 4) is 5.75 Å². The third kappa shape index (κ3) is 2.43. The van der Waals surface area contributed by atoms with Gasteiger partial charge in [-0.15, -0.1) is 0 Å². The van der Waals surface area contributed by atoms with E-state index in [2.05, 4.69) is 31.9 Å². The molecule has 2 heterocycles. The predicted molar refractivity (Wildman–Crippen MR) is 97.0 cm³/mol. The first-order valence-corrected chi connectivity index (χ1v) is 8.44. The molecule has 2 aliphatic rings. The maximum absolute atomic E-state index is 12.2. The van der Waals surface area contributed by atoms with E-state index < -0.39 is 0 Å². The number of halogens is 1. The van der Waals surface area contributed by atoms with Crippen molar-refractivity contribution in [1.29, 1.82) is 0 Å². The summed E-state index contributed by atoms with van der Waals surface area (Å²) < 4.78 is 6.15. The van der Waals surface area contributed by atoms with E-state index in [-0.39, 0.29) is 12.1 Å². The normalized spacial score (nSPS) is 18.8. The van der Waals surface area contributed by atoms with Gasteiger partial charge in [0.1, 0.15) is 5.75 Å². The molecule has 5 nitrogen and oxygen atoms in total. The highest BCUT2D eigenvalue weighted by Crippen LogP contribution is 2.38. The Labute approximate surface area is 148 Å². The van der Waals surface area contributed by atoms with E-state index in [0.717, 1.165) is 38.3 Å². The van der Waals surface area contributed by atoms with E-state index >= 15 is 0 Å². The summed E-state index contributed by atoms with van der Waals surface area (Å²) in [5.74, 6) is 0.764. The molecule has 0 saturated carbocycles. The first kappa shape index (κ1) is 15.1. The van der Waals surface area contributed by atoms with Gasteiger partial charge in [0.15, 0.2) is 0 Å². The second-order valence-electron chi connectivity index (χ2n) is 5.72. The molecule has 1 atom stereocenters. The Morgan fingerprint density at radius 2 is 2.04 bits per heavy atom. The van der Waals surface area contributed by atoms with Crippen molar-refractivity contribution in [2.45, 2.75) is 6.04 Å². The molecule has 2 aromatic rings. The summed E-state index contributed by atoms with van der Waals surface area (Å²) in [6, 6.07) is 13.5. The van der Waals surface area contributed by atoms with Crippen molar-refractivity contribution in [3.63, 3.8) is 0 Å². The van der Waals surface area contributed by atoms with Crippen LogP contribution < -0.4 is 20.7 Å². The first-order chi connectivity index (χ1) is 11.7. The number of methoxy groups -OCH3 is 1. The van der Waals surface area contributed by atoms with Crippen LogP contribution in [-0.2, 0) is 0 Å². The lowest BCUT2D eigenvalue weighted by molar-refractivity contribution is 0.240. The molecular weight excluding hydrogens is 370 g/mol. The Hall–Kier alpha value is -2.47. The number of para-hydroxylation sites is 1. The summed E-state index contributed by atoms with van der Waals surface area (Å²) in [6.45, 7) is 0.675. The van der Waals surface area contributed by atoms with Gasteiger partial charge in [-0.1, -0.05) is 24.3 Å². The van der Waals surface area contributed by atoms with Crippen LogP contribution in [0.25, 0.3) is 5.70 Å². The Kier molecular flexibility index (Phi) is 3.69. The second kappa shape index (κ2) is 5.87. The summed E-state index contributed by atoms with van der Waals surface area (Å²) in [6.07, 6.45) is 0. The molecule has 0 radical (unpaired) electrons. The Bertz CT molecular complexity index is 863. The molecular formula is C18H16BrN3O2. The van der Waals surface area contributed by atoms with Crippen LogP contribution in [0.2, 0.25) is 0 Å². The number of urea groups is 1. The van der Waals surface area contributed by atoms with Crippen molar-refractivity contribution in [2.24, 2.45) is 0 Å². The molecule has 1 unspecified atom stereocenters. The number of hydrogen-bond acceptors (Lipinski definition) is 3. The fourth-order valence-corrected chi connectivity index (χ4v) is 3.77. The topological polar surface area (TPSA) is 62.4 Å². The molecule has 122 valence electrons. The lowest BCUT2D eigenvalue weighted by Crippen LogP contribution is -2.45. The summed E-state index contributed by atoms with van der Waals surface area (Å²) >= 11 is 3.52. The Morgan fingerprint density at radius 3 is 2.83 bits per heavy atom. The number of carbonyl (C=O) groups excluding carboxylic acids is 1. The van der Waals surface area contributed by atoms with Crippen molar-refractivity contribution >= 4 is 33.3 Å². The minimum Gasteiger partial charge on any atom is -0.496 e. The molecule has 4 rings (SSSR count). The highest BCUT2D eigenvalue weighted by atomic mass is 79.9. The summed E-state index contributed by atoms with van der Waals surface area (Å²) in [4.78, 5) is 12.2. The molecule has 2 aliphatic heterocycles. The fraction of sp³-hybridized carbons (Fsp3) is 0.167. The van der Waals surface area contributed by atoms with Crippen LogP contribution in [0.3, 0.4) is 0 Å². The predicted octanol–water partition coefficient (Wildman–Crippen LogP) is 3.65. The molecule has 0 aliphatic carbocycles. The molecule has 3 N–H and O–H groups in total. The van der Waals surface area contributed by atoms with Crippen LogP contribution in [0.1, 0.15) is 17.2 Å². The van der Waals surface area contributed by atoms with Crippen LogP contribution in [0.5, 0.6) is 5.75 Å². The standard InChI is InChI=1S/C18H16BrN3O2/c1-24-15-7-6-10(8-13(15)19)16-12-9-20-14-5-3-2-4-11(14)17(12)22-18(23)21-16/h2-8,16,20H,9H2,1H3,(H2,21,22,23). The lowest BCUT2D eigenvalue weighted by Gasteiger charge is -2.35. The Balaban J connectivity index is 1.82. The van der Waals surface area contributed by atoms with Crippen molar-refractivity contribution in [1.82, 2.24) is 10.6 Å². The zero-order chi connectivity index (χ0) is 16.7. The van der Waals surface area contributed by atoms with E-state index in [9.17, 15) is 4.79 Å². The van der Waals surface area contributed by atoms with Gasteiger partial charge in [0, 0.05) is 17.8 Å². The molecule has 0 fully saturated rings. The molecule has 0 bridgehead atoms. The third-order valence-corrected chi connectivity index (χ3v) is 4.98. The highest BCUT2D eigenvalue weighted by molar-refractivity contribution is 9.10. The van der Waals surface area contributed by atoms with Gasteiger partial charge in [-0.2, -0.15) is 0 Å². The average molecular weight is 386 g/mol. The SMILES string of the molecule is COc1ccc(C2NC(=O)NC3=C2CNc2ccccc23)cc1Br. The van der Waals surface area contributed by atoms with E-state index in [1.165, 1.54) is 0 Å².